The summed E-state index contributed by atoms with van der Waals surface area (Å²) in [6, 6.07) is 5.72. The SMILES string of the molecule is Cc1ccc(C)c(NC(=O)Cn2cnc3sc(C(=O)O)c(C)c3c2=O)c1. The van der Waals surface area contributed by atoms with Crippen molar-refractivity contribution in [2.24, 2.45) is 0 Å². The van der Waals surface area contributed by atoms with Gasteiger partial charge in [0.25, 0.3) is 5.56 Å². The minimum Gasteiger partial charge on any atom is -0.477 e. The lowest BCUT2D eigenvalue weighted by molar-refractivity contribution is -0.116. The van der Waals surface area contributed by atoms with Gasteiger partial charge in [-0.1, -0.05) is 12.1 Å². The van der Waals surface area contributed by atoms with Crippen molar-refractivity contribution in [3.8, 4) is 0 Å². The van der Waals surface area contributed by atoms with Gasteiger partial charge in [0, 0.05) is 5.69 Å². The van der Waals surface area contributed by atoms with Crippen LogP contribution in [0, 0.1) is 20.8 Å². The van der Waals surface area contributed by atoms with E-state index in [9.17, 15) is 19.5 Å². The van der Waals surface area contributed by atoms with E-state index >= 15 is 0 Å². The summed E-state index contributed by atoms with van der Waals surface area (Å²) in [7, 11) is 0. The quantitative estimate of drug-likeness (QED) is 0.734. The number of fused-ring (bicyclic) bond motifs is 1. The first-order valence-electron chi connectivity index (χ1n) is 7.87. The van der Waals surface area contributed by atoms with Gasteiger partial charge in [0.1, 0.15) is 16.3 Å². The van der Waals surface area contributed by atoms with Crippen LogP contribution in [0.2, 0.25) is 0 Å². The van der Waals surface area contributed by atoms with Crippen molar-refractivity contribution >= 4 is 39.1 Å². The lowest BCUT2D eigenvalue weighted by atomic mass is 10.1. The van der Waals surface area contributed by atoms with Gasteiger partial charge in [-0.25, -0.2) is 9.78 Å². The summed E-state index contributed by atoms with van der Waals surface area (Å²) in [6.45, 7) is 5.19. The number of amides is 1. The molecule has 0 saturated heterocycles. The average molecular weight is 371 g/mol. The molecule has 8 heteroatoms. The van der Waals surface area contributed by atoms with Crippen LogP contribution in [-0.4, -0.2) is 26.5 Å². The van der Waals surface area contributed by atoms with E-state index in [4.69, 9.17) is 0 Å². The largest absolute Gasteiger partial charge is 0.477 e. The number of carbonyl (C=O) groups excluding carboxylic acids is 1. The number of nitrogens with zero attached hydrogens (tertiary/aromatic N) is 2. The van der Waals surface area contributed by atoms with Crippen molar-refractivity contribution in [1.82, 2.24) is 9.55 Å². The Labute approximate surface area is 152 Å². The van der Waals surface area contributed by atoms with Gasteiger partial charge < -0.3 is 10.4 Å². The third kappa shape index (κ3) is 3.23. The molecular formula is C18H17N3O4S. The number of aromatic carboxylic acids is 1. The molecule has 0 atom stereocenters. The number of nitrogens with one attached hydrogen (secondary N) is 1. The van der Waals surface area contributed by atoms with E-state index in [1.54, 1.807) is 6.92 Å². The molecule has 0 unspecified atom stereocenters. The first-order valence-corrected chi connectivity index (χ1v) is 8.68. The number of anilines is 1. The second kappa shape index (κ2) is 6.72. The fraction of sp³-hybridized carbons (Fsp3) is 0.222. The maximum atomic E-state index is 12.7. The number of aromatic nitrogens is 2. The van der Waals surface area contributed by atoms with Crippen molar-refractivity contribution < 1.29 is 14.7 Å². The van der Waals surface area contributed by atoms with E-state index in [2.05, 4.69) is 10.3 Å². The molecular weight excluding hydrogens is 354 g/mol. The summed E-state index contributed by atoms with van der Waals surface area (Å²) < 4.78 is 1.19. The fourth-order valence-corrected chi connectivity index (χ4v) is 3.67. The van der Waals surface area contributed by atoms with Gasteiger partial charge in [-0.05, 0) is 43.5 Å². The second-order valence-electron chi connectivity index (χ2n) is 6.09. The normalized spacial score (nSPS) is 10.9. The van der Waals surface area contributed by atoms with Crippen LogP contribution < -0.4 is 10.9 Å². The standard InChI is InChI=1S/C18H17N3O4S/c1-9-4-5-10(2)12(6-9)20-13(22)7-21-8-19-16-14(17(21)23)11(3)15(26-16)18(24)25/h4-6,8H,7H2,1-3H3,(H,20,22)(H,24,25). The van der Waals surface area contributed by atoms with Crippen LogP contribution in [0.25, 0.3) is 10.2 Å². The molecule has 1 aromatic carbocycles. The highest BCUT2D eigenvalue weighted by Gasteiger charge is 2.19. The summed E-state index contributed by atoms with van der Waals surface area (Å²) in [5, 5.41) is 12.2. The number of thiophene rings is 1. The Bertz CT molecular complexity index is 1100. The smallest absolute Gasteiger partial charge is 0.346 e. The highest BCUT2D eigenvalue weighted by atomic mass is 32.1. The molecule has 0 bridgehead atoms. The first kappa shape index (κ1) is 17.8. The highest BCUT2D eigenvalue weighted by molar-refractivity contribution is 7.20. The number of hydrogen-bond acceptors (Lipinski definition) is 5. The Kier molecular flexibility index (Phi) is 4.60. The van der Waals surface area contributed by atoms with E-state index in [-0.39, 0.29) is 22.7 Å². The van der Waals surface area contributed by atoms with Gasteiger partial charge in [0.2, 0.25) is 5.91 Å². The van der Waals surface area contributed by atoms with Crippen molar-refractivity contribution in [3.05, 3.63) is 56.4 Å². The predicted molar refractivity (Wildman–Crippen MR) is 100 cm³/mol. The molecule has 1 amide bonds. The molecule has 0 aliphatic carbocycles. The zero-order valence-corrected chi connectivity index (χ0v) is 15.3. The minimum absolute atomic E-state index is 0.0854. The molecule has 7 nitrogen and oxygen atoms in total. The maximum Gasteiger partial charge on any atom is 0.346 e. The number of carbonyl (C=O) groups is 2. The van der Waals surface area contributed by atoms with Crippen LogP contribution in [-0.2, 0) is 11.3 Å². The van der Waals surface area contributed by atoms with Crippen molar-refractivity contribution in [2.45, 2.75) is 27.3 Å². The number of benzene rings is 1. The Morgan fingerprint density at radius 3 is 2.69 bits per heavy atom. The van der Waals surface area contributed by atoms with Crippen LogP contribution in [0.5, 0.6) is 0 Å². The van der Waals surface area contributed by atoms with Crippen molar-refractivity contribution in [1.29, 1.82) is 0 Å². The lowest BCUT2D eigenvalue weighted by Crippen LogP contribution is -2.28. The molecule has 0 spiro atoms. The van der Waals surface area contributed by atoms with Gasteiger partial charge in [-0.15, -0.1) is 11.3 Å². The number of rotatable bonds is 4. The zero-order chi connectivity index (χ0) is 19.0. The summed E-state index contributed by atoms with van der Waals surface area (Å²) in [6.07, 6.45) is 1.27. The molecule has 2 N–H and O–H groups in total. The number of hydrogen-bond donors (Lipinski definition) is 2. The van der Waals surface area contributed by atoms with Gasteiger partial charge >= 0.3 is 5.97 Å². The van der Waals surface area contributed by atoms with Gasteiger partial charge in [0.15, 0.2) is 0 Å². The predicted octanol–water partition coefficient (Wildman–Crippen LogP) is 2.72. The van der Waals surface area contributed by atoms with Gasteiger partial charge in [-0.2, -0.15) is 0 Å². The Morgan fingerprint density at radius 2 is 2.00 bits per heavy atom. The van der Waals surface area contributed by atoms with E-state index < -0.39 is 11.5 Å². The molecule has 3 rings (SSSR count). The molecule has 3 aromatic rings. The molecule has 2 aromatic heterocycles. The van der Waals surface area contributed by atoms with Gasteiger partial charge in [0.05, 0.1) is 11.7 Å². The Morgan fingerprint density at radius 1 is 1.27 bits per heavy atom. The van der Waals surface area contributed by atoms with Gasteiger partial charge in [-0.3, -0.25) is 14.2 Å². The second-order valence-corrected chi connectivity index (χ2v) is 7.08. The molecule has 0 aliphatic heterocycles. The van der Waals surface area contributed by atoms with E-state index in [0.29, 0.717) is 16.1 Å². The molecule has 0 radical (unpaired) electrons. The van der Waals surface area contributed by atoms with Crippen LogP contribution in [0.3, 0.4) is 0 Å². The third-order valence-electron chi connectivity index (χ3n) is 4.09. The molecule has 26 heavy (non-hydrogen) atoms. The van der Waals surface area contributed by atoms with E-state index in [1.165, 1.54) is 10.9 Å². The Balaban J connectivity index is 1.91. The van der Waals surface area contributed by atoms with Crippen LogP contribution in [0.1, 0.15) is 26.4 Å². The number of carboxylic acids is 1. The minimum atomic E-state index is -1.09. The summed E-state index contributed by atoms with van der Waals surface area (Å²) in [4.78, 5) is 40.8. The zero-order valence-electron chi connectivity index (χ0n) is 14.5. The molecule has 0 aliphatic rings. The third-order valence-corrected chi connectivity index (χ3v) is 5.28. The molecule has 0 fully saturated rings. The van der Waals surface area contributed by atoms with E-state index in [0.717, 1.165) is 22.5 Å². The van der Waals surface area contributed by atoms with Crippen LogP contribution in [0.4, 0.5) is 5.69 Å². The lowest BCUT2D eigenvalue weighted by Gasteiger charge is -2.10. The summed E-state index contributed by atoms with van der Waals surface area (Å²) in [5.41, 5.74) is 2.58. The summed E-state index contributed by atoms with van der Waals surface area (Å²) in [5.74, 6) is -1.45. The molecule has 0 saturated carbocycles. The van der Waals surface area contributed by atoms with Crippen LogP contribution in [0.15, 0.2) is 29.3 Å². The monoisotopic (exact) mass is 371 g/mol. The number of carboxylic acid groups (broad SMARTS) is 1. The number of aryl methyl sites for hydroxylation is 3. The first-order chi connectivity index (χ1) is 12.3. The topological polar surface area (TPSA) is 101 Å². The Hall–Kier alpha value is -3.00. The van der Waals surface area contributed by atoms with E-state index in [1.807, 2.05) is 32.0 Å². The summed E-state index contributed by atoms with van der Waals surface area (Å²) >= 11 is 0.955. The molecule has 134 valence electrons. The fourth-order valence-electron chi connectivity index (χ4n) is 2.69. The highest BCUT2D eigenvalue weighted by Crippen LogP contribution is 2.26. The van der Waals surface area contributed by atoms with Crippen LogP contribution >= 0.6 is 11.3 Å². The average Bonchev–Trinajstić information content (AvgIpc) is 2.91. The van der Waals surface area contributed by atoms with Crippen molar-refractivity contribution in [3.63, 3.8) is 0 Å². The maximum absolute atomic E-state index is 12.7. The van der Waals surface area contributed by atoms with Crippen molar-refractivity contribution in [2.75, 3.05) is 5.32 Å². The molecule has 2 heterocycles.